The molecule has 1 saturated carbocycles. The normalized spacial score (nSPS) is 30.3. The molecule has 2 aliphatic rings. The molecule has 1 saturated heterocycles. The minimum absolute atomic E-state index is 0.0364. The van der Waals surface area contributed by atoms with Crippen LogP contribution in [0.15, 0.2) is 0 Å². The molecule has 0 aromatic carbocycles. The van der Waals surface area contributed by atoms with Crippen LogP contribution in [-0.2, 0) is 14.8 Å². The maximum Gasteiger partial charge on any atom is 0.224 e. The Bertz CT molecular complexity index is 499. The Kier molecular flexibility index (Phi) is 6.45. The summed E-state index contributed by atoms with van der Waals surface area (Å²) < 4.78 is 25.5. The van der Waals surface area contributed by atoms with Crippen LogP contribution in [0, 0.1) is 5.92 Å². The fraction of sp³-hybridized carbons (Fsp3) is 0.938. The predicted octanol–water partition coefficient (Wildman–Crippen LogP) is 1.04. The van der Waals surface area contributed by atoms with Crippen LogP contribution >= 0.6 is 0 Å². The first-order valence-electron chi connectivity index (χ1n) is 8.78. The number of sulfonamides is 1. The first kappa shape index (κ1) is 18.7. The highest BCUT2D eigenvalue weighted by molar-refractivity contribution is 7.89. The van der Waals surface area contributed by atoms with Crippen LogP contribution in [0.3, 0.4) is 0 Å². The lowest BCUT2D eigenvalue weighted by Crippen LogP contribution is -2.49. The average molecular weight is 346 g/mol. The highest BCUT2D eigenvalue weighted by atomic mass is 32.2. The Morgan fingerprint density at radius 1 is 1.17 bits per heavy atom. The fourth-order valence-corrected chi connectivity index (χ4v) is 4.83. The number of piperidine rings is 1. The van der Waals surface area contributed by atoms with Crippen molar-refractivity contribution < 1.29 is 13.2 Å². The highest BCUT2D eigenvalue weighted by Gasteiger charge is 2.32. The third-order valence-electron chi connectivity index (χ3n) is 5.29. The van der Waals surface area contributed by atoms with Gasteiger partial charge in [-0.1, -0.05) is 0 Å². The number of nitrogens with zero attached hydrogens (tertiary/aromatic N) is 2. The zero-order valence-corrected chi connectivity index (χ0v) is 15.4. The van der Waals surface area contributed by atoms with E-state index in [1.54, 1.807) is 6.92 Å². The molecule has 1 heterocycles. The SMILES string of the molecule is CCS(=O)(=O)N1CCCC(C(=O)NC2CCC(N(C)C)CC2)C1. The average Bonchev–Trinajstić information content (AvgIpc) is 2.55. The molecule has 1 unspecified atom stereocenters. The van der Waals surface area contributed by atoms with Crippen molar-refractivity contribution >= 4 is 15.9 Å². The summed E-state index contributed by atoms with van der Waals surface area (Å²) in [6.45, 7) is 2.55. The van der Waals surface area contributed by atoms with Crippen molar-refractivity contribution in [3.05, 3.63) is 0 Å². The highest BCUT2D eigenvalue weighted by Crippen LogP contribution is 2.24. The molecule has 1 aliphatic heterocycles. The Labute approximate surface area is 140 Å². The van der Waals surface area contributed by atoms with Crippen LogP contribution < -0.4 is 5.32 Å². The van der Waals surface area contributed by atoms with Crippen molar-refractivity contribution in [3.63, 3.8) is 0 Å². The molecule has 6 nitrogen and oxygen atoms in total. The van der Waals surface area contributed by atoms with Crippen LogP contribution in [0.25, 0.3) is 0 Å². The molecule has 1 amide bonds. The van der Waals surface area contributed by atoms with Crippen molar-refractivity contribution in [2.45, 2.75) is 57.5 Å². The van der Waals surface area contributed by atoms with Gasteiger partial charge in [0.1, 0.15) is 0 Å². The van der Waals surface area contributed by atoms with Crippen LogP contribution in [-0.4, -0.2) is 68.6 Å². The first-order chi connectivity index (χ1) is 10.8. The molecule has 134 valence electrons. The van der Waals surface area contributed by atoms with Gasteiger partial charge in [-0.05, 0) is 59.5 Å². The molecule has 0 radical (unpaired) electrons. The van der Waals surface area contributed by atoms with Crippen molar-refractivity contribution in [2.24, 2.45) is 5.92 Å². The van der Waals surface area contributed by atoms with E-state index in [1.807, 2.05) is 0 Å². The molecule has 2 rings (SSSR count). The van der Waals surface area contributed by atoms with Crippen LogP contribution in [0.2, 0.25) is 0 Å². The van der Waals surface area contributed by atoms with Crippen LogP contribution in [0.4, 0.5) is 0 Å². The summed E-state index contributed by atoms with van der Waals surface area (Å²) in [5, 5.41) is 3.16. The zero-order chi connectivity index (χ0) is 17.0. The van der Waals surface area contributed by atoms with Crippen LogP contribution in [0.5, 0.6) is 0 Å². The number of rotatable bonds is 5. The zero-order valence-electron chi connectivity index (χ0n) is 14.6. The molecule has 2 fully saturated rings. The summed E-state index contributed by atoms with van der Waals surface area (Å²) in [5.74, 6) is -0.0541. The second-order valence-electron chi connectivity index (χ2n) is 7.08. The lowest BCUT2D eigenvalue weighted by molar-refractivity contribution is -0.127. The number of nitrogens with one attached hydrogen (secondary N) is 1. The largest absolute Gasteiger partial charge is 0.353 e. The molecule has 23 heavy (non-hydrogen) atoms. The van der Waals surface area contributed by atoms with E-state index in [2.05, 4.69) is 24.3 Å². The van der Waals surface area contributed by atoms with E-state index in [0.717, 1.165) is 38.5 Å². The third kappa shape index (κ3) is 4.90. The Balaban J connectivity index is 1.84. The molecular weight excluding hydrogens is 314 g/mol. The van der Waals surface area contributed by atoms with Crippen molar-refractivity contribution in [1.82, 2.24) is 14.5 Å². The molecule has 1 aliphatic carbocycles. The van der Waals surface area contributed by atoms with Gasteiger partial charge in [-0.15, -0.1) is 0 Å². The predicted molar refractivity (Wildman–Crippen MR) is 91.6 cm³/mol. The number of carbonyl (C=O) groups is 1. The standard InChI is InChI=1S/C16H31N3O3S/c1-4-23(21,22)19-11-5-6-13(12-19)16(20)17-14-7-9-15(10-8-14)18(2)3/h13-15H,4-12H2,1-3H3,(H,17,20). The quantitative estimate of drug-likeness (QED) is 0.808. The summed E-state index contributed by atoms with van der Waals surface area (Å²) in [4.78, 5) is 14.8. The van der Waals surface area contributed by atoms with Gasteiger partial charge in [0, 0.05) is 25.2 Å². The topological polar surface area (TPSA) is 69.7 Å². The van der Waals surface area contributed by atoms with E-state index < -0.39 is 10.0 Å². The van der Waals surface area contributed by atoms with Gasteiger partial charge < -0.3 is 10.2 Å². The van der Waals surface area contributed by atoms with E-state index in [4.69, 9.17) is 0 Å². The van der Waals surface area contributed by atoms with Crippen molar-refractivity contribution in [2.75, 3.05) is 32.9 Å². The van der Waals surface area contributed by atoms with Gasteiger partial charge in [0.2, 0.25) is 15.9 Å². The summed E-state index contributed by atoms with van der Waals surface area (Å²) >= 11 is 0. The van der Waals surface area contributed by atoms with E-state index in [-0.39, 0.29) is 23.6 Å². The third-order valence-corrected chi connectivity index (χ3v) is 7.13. The molecule has 0 aromatic rings. The minimum atomic E-state index is -3.19. The molecule has 7 heteroatoms. The Hall–Kier alpha value is -0.660. The van der Waals surface area contributed by atoms with E-state index in [1.165, 1.54) is 4.31 Å². The van der Waals surface area contributed by atoms with Gasteiger partial charge in [0.15, 0.2) is 0 Å². The fourth-order valence-electron chi connectivity index (χ4n) is 3.65. The van der Waals surface area contributed by atoms with Gasteiger partial charge in [0.05, 0.1) is 11.7 Å². The lowest BCUT2D eigenvalue weighted by Gasteiger charge is -2.35. The van der Waals surface area contributed by atoms with Crippen LogP contribution in [0.1, 0.15) is 45.4 Å². The van der Waals surface area contributed by atoms with E-state index >= 15 is 0 Å². The lowest BCUT2D eigenvalue weighted by atomic mass is 9.89. The van der Waals surface area contributed by atoms with Gasteiger partial charge in [-0.3, -0.25) is 4.79 Å². The molecule has 1 N–H and O–H groups in total. The minimum Gasteiger partial charge on any atom is -0.353 e. The summed E-state index contributed by atoms with van der Waals surface area (Å²) in [5.41, 5.74) is 0. The van der Waals surface area contributed by atoms with Gasteiger partial charge in [-0.2, -0.15) is 0 Å². The molecule has 0 bridgehead atoms. The van der Waals surface area contributed by atoms with Gasteiger partial charge >= 0.3 is 0 Å². The first-order valence-corrected chi connectivity index (χ1v) is 10.4. The number of amides is 1. The second kappa shape index (κ2) is 7.94. The molecular formula is C16H31N3O3S. The monoisotopic (exact) mass is 345 g/mol. The molecule has 0 aromatic heterocycles. The maximum absolute atomic E-state index is 12.5. The molecule has 0 spiro atoms. The number of hydrogen-bond acceptors (Lipinski definition) is 4. The Morgan fingerprint density at radius 3 is 2.39 bits per heavy atom. The van der Waals surface area contributed by atoms with E-state index in [0.29, 0.717) is 19.1 Å². The summed E-state index contributed by atoms with van der Waals surface area (Å²) in [6, 6.07) is 0.861. The van der Waals surface area contributed by atoms with Gasteiger partial charge in [0.25, 0.3) is 0 Å². The van der Waals surface area contributed by atoms with E-state index in [9.17, 15) is 13.2 Å². The van der Waals surface area contributed by atoms with Crippen molar-refractivity contribution in [3.8, 4) is 0 Å². The maximum atomic E-state index is 12.5. The second-order valence-corrected chi connectivity index (χ2v) is 9.33. The number of carbonyl (C=O) groups excluding carboxylic acids is 1. The summed E-state index contributed by atoms with van der Waals surface area (Å²) in [6.07, 6.45) is 5.80. The Morgan fingerprint density at radius 2 is 1.83 bits per heavy atom. The smallest absolute Gasteiger partial charge is 0.224 e. The molecule has 1 atom stereocenters. The van der Waals surface area contributed by atoms with Gasteiger partial charge in [-0.25, -0.2) is 12.7 Å². The number of hydrogen-bond donors (Lipinski definition) is 1. The summed E-state index contributed by atoms with van der Waals surface area (Å²) in [7, 11) is 1.02. The van der Waals surface area contributed by atoms with Crippen molar-refractivity contribution in [1.29, 1.82) is 0 Å².